The third kappa shape index (κ3) is 3.98. The quantitative estimate of drug-likeness (QED) is 0.831. The predicted molar refractivity (Wildman–Crippen MR) is 102 cm³/mol. The Morgan fingerprint density at radius 3 is 2.73 bits per heavy atom. The largest absolute Gasteiger partial charge is 0.338 e. The molecule has 1 aromatic carbocycles. The van der Waals surface area contributed by atoms with Gasteiger partial charge in [0.15, 0.2) is 0 Å². The maximum absolute atomic E-state index is 12.9. The Morgan fingerprint density at radius 2 is 1.96 bits per heavy atom. The van der Waals surface area contributed by atoms with E-state index < -0.39 is 0 Å². The lowest BCUT2D eigenvalue weighted by molar-refractivity contribution is -0.135. The van der Waals surface area contributed by atoms with E-state index in [1.165, 1.54) is 12.0 Å². The number of carbonyl (C=O) groups is 1. The second kappa shape index (κ2) is 7.62. The zero-order valence-electron chi connectivity index (χ0n) is 15.6. The SMILES string of the molecule is Cc1ccn(CCC(=O)N2C[C@H]3CC[C@@H]2CN(Cc2ccccc2)C3)n1. The van der Waals surface area contributed by atoms with Crippen molar-refractivity contribution in [1.82, 2.24) is 19.6 Å². The summed E-state index contributed by atoms with van der Waals surface area (Å²) in [5, 5.41) is 4.39. The summed E-state index contributed by atoms with van der Waals surface area (Å²) in [4.78, 5) is 17.6. The van der Waals surface area contributed by atoms with Crippen molar-refractivity contribution in [3.63, 3.8) is 0 Å². The Balaban J connectivity index is 1.37. The average molecular weight is 352 g/mol. The molecule has 5 nitrogen and oxygen atoms in total. The van der Waals surface area contributed by atoms with Crippen LogP contribution in [0, 0.1) is 12.8 Å². The first-order valence-corrected chi connectivity index (χ1v) is 9.73. The number of hydrogen-bond acceptors (Lipinski definition) is 3. The Hall–Kier alpha value is -2.14. The van der Waals surface area contributed by atoms with E-state index >= 15 is 0 Å². The summed E-state index contributed by atoms with van der Waals surface area (Å²) in [6.45, 7) is 6.67. The van der Waals surface area contributed by atoms with Gasteiger partial charge in [-0.1, -0.05) is 30.3 Å². The van der Waals surface area contributed by atoms with Crippen molar-refractivity contribution in [1.29, 1.82) is 0 Å². The van der Waals surface area contributed by atoms with E-state index in [1.54, 1.807) is 0 Å². The monoisotopic (exact) mass is 352 g/mol. The number of nitrogens with zero attached hydrogens (tertiary/aromatic N) is 4. The lowest BCUT2D eigenvalue weighted by Gasteiger charge is -2.36. The van der Waals surface area contributed by atoms with Crippen LogP contribution in [0.15, 0.2) is 42.6 Å². The van der Waals surface area contributed by atoms with Crippen LogP contribution in [-0.4, -0.2) is 51.2 Å². The lowest BCUT2D eigenvalue weighted by Crippen LogP contribution is -2.47. The maximum Gasteiger partial charge on any atom is 0.224 e. The van der Waals surface area contributed by atoms with Gasteiger partial charge in [-0.2, -0.15) is 5.10 Å². The van der Waals surface area contributed by atoms with E-state index in [0.29, 0.717) is 24.9 Å². The van der Waals surface area contributed by atoms with E-state index in [9.17, 15) is 4.79 Å². The Bertz CT molecular complexity index is 741. The fourth-order valence-electron chi connectivity index (χ4n) is 4.40. The maximum atomic E-state index is 12.9. The third-order valence-corrected chi connectivity index (χ3v) is 5.69. The number of benzene rings is 1. The normalized spacial score (nSPS) is 23.2. The first-order valence-electron chi connectivity index (χ1n) is 9.73. The number of hydrogen-bond donors (Lipinski definition) is 0. The molecule has 1 amide bonds. The zero-order valence-corrected chi connectivity index (χ0v) is 15.6. The fourth-order valence-corrected chi connectivity index (χ4v) is 4.40. The number of carbonyl (C=O) groups excluding carboxylic acids is 1. The van der Waals surface area contributed by atoms with E-state index in [-0.39, 0.29) is 5.91 Å². The summed E-state index contributed by atoms with van der Waals surface area (Å²) in [6.07, 6.45) is 4.89. The number of aromatic nitrogens is 2. The second-order valence-corrected chi connectivity index (χ2v) is 7.79. The van der Waals surface area contributed by atoms with Crippen LogP contribution in [0.2, 0.25) is 0 Å². The molecule has 1 aromatic heterocycles. The Kier molecular flexibility index (Phi) is 5.07. The minimum Gasteiger partial charge on any atom is -0.338 e. The topological polar surface area (TPSA) is 41.4 Å². The summed E-state index contributed by atoms with van der Waals surface area (Å²) in [5.41, 5.74) is 2.36. The molecule has 0 radical (unpaired) electrons. The van der Waals surface area contributed by atoms with Gasteiger partial charge in [-0.3, -0.25) is 14.4 Å². The summed E-state index contributed by atoms with van der Waals surface area (Å²) in [6, 6.07) is 13.0. The average Bonchev–Trinajstić information content (AvgIpc) is 2.87. The van der Waals surface area contributed by atoms with Crippen LogP contribution in [-0.2, 0) is 17.9 Å². The third-order valence-electron chi connectivity index (χ3n) is 5.69. The van der Waals surface area contributed by atoms with Gasteiger partial charge in [-0.15, -0.1) is 0 Å². The molecule has 5 heteroatoms. The van der Waals surface area contributed by atoms with Gasteiger partial charge in [0.05, 0.1) is 5.69 Å². The van der Waals surface area contributed by atoms with Crippen molar-refractivity contribution < 1.29 is 4.79 Å². The van der Waals surface area contributed by atoms with E-state index in [4.69, 9.17) is 0 Å². The first kappa shape index (κ1) is 17.3. The summed E-state index contributed by atoms with van der Waals surface area (Å²) < 4.78 is 1.88. The fraction of sp³-hybridized carbons (Fsp3) is 0.524. The predicted octanol–water partition coefficient (Wildman–Crippen LogP) is 2.70. The highest BCUT2D eigenvalue weighted by Gasteiger charge is 2.36. The molecule has 5 rings (SSSR count). The van der Waals surface area contributed by atoms with Gasteiger partial charge in [0.1, 0.15) is 0 Å². The van der Waals surface area contributed by atoms with E-state index in [1.807, 2.05) is 23.9 Å². The van der Waals surface area contributed by atoms with Crippen LogP contribution < -0.4 is 0 Å². The summed E-state index contributed by atoms with van der Waals surface area (Å²) in [5.74, 6) is 0.891. The van der Waals surface area contributed by atoms with Crippen LogP contribution in [0.5, 0.6) is 0 Å². The van der Waals surface area contributed by atoms with Crippen LogP contribution in [0.4, 0.5) is 0 Å². The molecule has 2 bridgehead atoms. The molecule has 2 aromatic rings. The van der Waals surface area contributed by atoms with Gasteiger partial charge in [-0.25, -0.2) is 0 Å². The molecule has 3 fully saturated rings. The molecule has 4 heterocycles. The van der Waals surface area contributed by atoms with Crippen molar-refractivity contribution >= 4 is 5.91 Å². The minimum absolute atomic E-state index is 0.286. The molecule has 3 aliphatic heterocycles. The number of aryl methyl sites for hydroxylation is 2. The van der Waals surface area contributed by atoms with Crippen molar-refractivity contribution in [3.8, 4) is 0 Å². The molecule has 0 aliphatic carbocycles. The van der Waals surface area contributed by atoms with Gasteiger partial charge in [0, 0.05) is 51.4 Å². The van der Waals surface area contributed by atoms with E-state index in [2.05, 4.69) is 45.2 Å². The molecular formula is C21H28N4O. The highest BCUT2D eigenvalue weighted by molar-refractivity contribution is 5.76. The van der Waals surface area contributed by atoms with E-state index in [0.717, 1.165) is 38.3 Å². The van der Waals surface area contributed by atoms with Crippen LogP contribution >= 0.6 is 0 Å². The summed E-state index contributed by atoms with van der Waals surface area (Å²) >= 11 is 0. The van der Waals surface area contributed by atoms with Crippen molar-refractivity contribution in [2.45, 2.75) is 45.3 Å². The Labute approximate surface area is 155 Å². The Morgan fingerprint density at radius 1 is 1.12 bits per heavy atom. The molecule has 0 N–H and O–H groups in total. The summed E-state index contributed by atoms with van der Waals surface area (Å²) in [7, 11) is 0. The molecule has 0 saturated carbocycles. The van der Waals surface area contributed by atoms with Crippen molar-refractivity contribution in [3.05, 3.63) is 53.9 Å². The molecular weight excluding hydrogens is 324 g/mol. The molecule has 138 valence electrons. The lowest BCUT2D eigenvalue weighted by atomic mass is 9.94. The molecule has 3 aliphatic rings. The number of rotatable bonds is 5. The van der Waals surface area contributed by atoms with Gasteiger partial charge in [0.25, 0.3) is 0 Å². The molecule has 2 atom stereocenters. The highest BCUT2D eigenvalue weighted by atomic mass is 16.2. The standard InChI is InChI=1S/C21H28N4O/c1-17-9-11-24(22-17)12-10-21(26)25-15-19-7-8-20(25)16-23(14-19)13-18-5-3-2-4-6-18/h2-6,9,11,19-20H,7-8,10,12-16H2,1H3/t19-,20+/m0/s1. The molecule has 0 unspecified atom stereocenters. The van der Waals surface area contributed by atoms with Gasteiger partial charge >= 0.3 is 0 Å². The minimum atomic E-state index is 0.286. The number of fused-ring (bicyclic) bond motifs is 4. The van der Waals surface area contributed by atoms with Crippen molar-refractivity contribution in [2.24, 2.45) is 5.92 Å². The number of piperidine rings is 1. The van der Waals surface area contributed by atoms with Crippen molar-refractivity contribution in [2.75, 3.05) is 19.6 Å². The zero-order chi connectivity index (χ0) is 17.9. The molecule has 3 saturated heterocycles. The molecule has 0 spiro atoms. The first-order chi connectivity index (χ1) is 12.7. The van der Waals surface area contributed by atoms with Crippen LogP contribution in [0.3, 0.4) is 0 Å². The smallest absolute Gasteiger partial charge is 0.224 e. The van der Waals surface area contributed by atoms with Gasteiger partial charge in [-0.05, 0) is 37.3 Å². The number of amides is 1. The highest BCUT2D eigenvalue weighted by Crippen LogP contribution is 2.29. The van der Waals surface area contributed by atoms with Crippen LogP contribution in [0.1, 0.15) is 30.5 Å². The molecule has 26 heavy (non-hydrogen) atoms. The van der Waals surface area contributed by atoms with Gasteiger partial charge in [0.2, 0.25) is 5.91 Å². The second-order valence-electron chi connectivity index (χ2n) is 7.79. The van der Waals surface area contributed by atoms with Gasteiger partial charge < -0.3 is 4.90 Å². The van der Waals surface area contributed by atoms with Crippen LogP contribution in [0.25, 0.3) is 0 Å².